The number of rotatable bonds is 0. The lowest BCUT2D eigenvalue weighted by Gasteiger charge is -2.23. The van der Waals surface area contributed by atoms with Gasteiger partial charge >= 0.3 is 0 Å². The molecule has 1 fully saturated rings. The molecule has 0 bridgehead atoms. The Morgan fingerprint density at radius 3 is 1.64 bits per heavy atom. The van der Waals surface area contributed by atoms with Crippen LogP contribution >= 0.6 is 21.6 Å². The molecule has 0 aromatic rings. The molecule has 0 spiro atoms. The van der Waals surface area contributed by atoms with Crippen molar-refractivity contribution in [3.63, 3.8) is 0 Å². The second-order valence-corrected chi connectivity index (χ2v) is 5.62. The molecule has 1 aliphatic rings. The number of hydrogen-bond acceptors (Lipinski definition) is 4. The maximum absolute atomic E-state index is 11.4. The van der Waals surface area contributed by atoms with Gasteiger partial charge in [-0.25, -0.2) is 0 Å². The molecule has 0 N–H and O–H groups in total. The average Bonchev–Trinajstić information content (AvgIpc) is 2.18. The van der Waals surface area contributed by atoms with E-state index in [9.17, 15) is 9.59 Å². The standard InChI is InChI=1S/C8H14N2O2S2/c1-9-3-4-10(2)8(12)6-14-13-5-7(9)11/h3-6H2,1-2H3. The van der Waals surface area contributed by atoms with Crippen molar-refractivity contribution in [1.29, 1.82) is 0 Å². The third-order valence-corrected chi connectivity index (χ3v) is 4.17. The van der Waals surface area contributed by atoms with Gasteiger partial charge in [0.15, 0.2) is 0 Å². The molecular weight excluding hydrogens is 220 g/mol. The summed E-state index contributed by atoms with van der Waals surface area (Å²) in [4.78, 5) is 26.2. The molecule has 80 valence electrons. The van der Waals surface area contributed by atoms with Crippen molar-refractivity contribution in [2.75, 3.05) is 38.7 Å². The molecule has 0 radical (unpaired) electrons. The van der Waals surface area contributed by atoms with Crippen molar-refractivity contribution in [3.8, 4) is 0 Å². The van der Waals surface area contributed by atoms with Crippen LogP contribution in [0.2, 0.25) is 0 Å². The fourth-order valence-corrected chi connectivity index (χ4v) is 2.87. The van der Waals surface area contributed by atoms with E-state index < -0.39 is 0 Å². The van der Waals surface area contributed by atoms with E-state index >= 15 is 0 Å². The molecule has 1 aliphatic heterocycles. The van der Waals surface area contributed by atoms with Gasteiger partial charge in [0, 0.05) is 27.2 Å². The van der Waals surface area contributed by atoms with E-state index in [0.29, 0.717) is 24.6 Å². The third kappa shape index (κ3) is 3.42. The third-order valence-electron chi connectivity index (χ3n) is 2.07. The molecule has 0 unspecified atom stereocenters. The number of hydrogen-bond donors (Lipinski definition) is 0. The Bertz CT molecular complexity index is 211. The van der Waals surface area contributed by atoms with Crippen LogP contribution in [0.25, 0.3) is 0 Å². The van der Waals surface area contributed by atoms with Crippen LogP contribution in [-0.2, 0) is 9.59 Å². The van der Waals surface area contributed by atoms with Gasteiger partial charge in [0.05, 0.1) is 11.5 Å². The summed E-state index contributed by atoms with van der Waals surface area (Å²) in [6.45, 7) is 1.23. The summed E-state index contributed by atoms with van der Waals surface area (Å²) in [5, 5.41) is 0. The number of amides is 2. The molecule has 0 atom stereocenters. The van der Waals surface area contributed by atoms with Crippen molar-refractivity contribution < 1.29 is 9.59 Å². The summed E-state index contributed by atoms with van der Waals surface area (Å²) in [6, 6.07) is 0. The van der Waals surface area contributed by atoms with Crippen molar-refractivity contribution in [1.82, 2.24) is 9.80 Å². The van der Waals surface area contributed by atoms with Gasteiger partial charge in [-0.05, 0) is 0 Å². The molecule has 4 nitrogen and oxygen atoms in total. The molecule has 2 amide bonds. The first-order chi connectivity index (χ1) is 6.61. The normalized spacial score (nSPS) is 21.3. The van der Waals surface area contributed by atoms with E-state index in [-0.39, 0.29) is 11.8 Å². The number of nitrogens with zero attached hydrogens (tertiary/aromatic N) is 2. The van der Waals surface area contributed by atoms with Gasteiger partial charge in [-0.15, -0.1) is 0 Å². The van der Waals surface area contributed by atoms with E-state index in [4.69, 9.17) is 0 Å². The van der Waals surface area contributed by atoms with E-state index in [0.717, 1.165) is 0 Å². The second-order valence-electron chi connectivity index (χ2n) is 3.15. The van der Waals surface area contributed by atoms with Gasteiger partial charge in [0.2, 0.25) is 11.8 Å². The smallest absolute Gasteiger partial charge is 0.233 e. The number of carbonyl (C=O) groups excluding carboxylic acids is 2. The Morgan fingerprint density at radius 2 is 1.29 bits per heavy atom. The van der Waals surface area contributed by atoms with E-state index in [1.54, 1.807) is 23.9 Å². The van der Waals surface area contributed by atoms with E-state index in [1.807, 2.05) is 0 Å². The zero-order valence-corrected chi connectivity index (χ0v) is 9.99. The maximum atomic E-state index is 11.4. The summed E-state index contributed by atoms with van der Waals surface area (Å²) < 4.78 is 0. The van der Waals surface area contributed by atoms with Gasteiger partial charge in [-0.1, -0.05) is 21.6 Å². The van der Waals surface area contributed by atoms with Crippen LogP contribution in [0.4, 0.5) is 0 Å². The van der Waals surface area contributed by atoms with Crippen molar-refractivity contribution >= 4 is 33.4 Å². The summed E-state index contributed by atoms with van der Waals surface area (Å²) in [7, 11) is 6.44. The van der Waals surface area contributed by atoms with E-state index in [2.05, 4.69) is 0 Å². The van der Waals surface area contributed by atoms with Crippen molar-refractivity contribution in [2.45, 2.75) is 0 Å². The van der Waals surface area contributed by atoms with Gasteiger partial charge in [0.25, 0.3) is 0 Å². The predicted molar refractivity (Wildman–Crippen MR) is 60.2 cm³/mol. The minimum atomic E-state index is 0.130. The Kier molecular flexibility index (Phi) is 4.60. The van der Waals surface area contributed by atoms with Gasteiger partial charge in [-0.3, -0.25) is 9.59 Å². The highest BCUT2D eigenvalue weighted by Gasteiger charge is 2.15. The number of carbonyl (C=O) groups is 2. The highest BCUT2D eigenvalue weighted by molar-refractivity contribution is 8.77. The topological polar surface area (TPSA) is 40.6 Å². The van der Waals surface area contributed by atoms with Crippen LogP contribution in [0, 0.1) is 0 Å². The zero-order valence-electron chi connectivity index (χ0n) is 8.36. The SMILES string of the molecule is CN1CCN(C)C(=O)CSSCC1=O. The lowest BCUT2D eigenvalue weighted by atomic mass is 10.4. The summed E-state index contributed by atoms with van der Waals surface area (Å²) >= 11 is 0. The van der Waals surface area contributed by atoms with Crippen molar-refractivity contribution in [3.05, 3.63) is 0 Å². The monoisotopic (exact) mass is 234 g/mol. The van der Waals surface area contributed by atoms with Crippen LogP contribution in [0.5, 0.6) is 0 Å². The Hall–Kier alpha value is -0.360. The first-order valence-corrected chi connectivity index (χ1v) is 6.82. The fraction of sp³-hybridized carbons (Fsp3) is 0.750. The molecule has 0 aliphatic carbocycles. The molecular formula is C8H14N2O2S2. The van der Waals surface area contributed by atoms with Gasteiger partial charge in [0.1, 0.15) is 0 Å². The van der Waals surface area contributed by atoms with Crippen LogP contribution in [0.15, 0.2) is 0 Å². The quantitative estimate of drug-likeness (QED) is 0.565. The molecule has 6 heteroatoms. The first kappa shape index (κ1) is 11.7. The first-order valence-electron chi connectivity index (χ1n) is 4.33. The average molecular weight is 234 g/mol. The second kappa shape index (κ2) is 5.50. The van der Waals surface area contributed by atoms with Crippen LogP contribution in [-0.4, -0.2) is 60.3 Å². The molecule has 0 aromatic heterocycles. The molecule has 0 aromatic carbocycles. The van der Waals surface area contributed by atoms with Crippen LogP contribution in [0.1, 0.15) is 0 Å². The lowest BCUT2D eigenvalue weighted by molar-refractivity contribution is -0.130. The van der Waals surface area contributed by atoms with Crippen LogP contribution in [0.3, 0.4) is 0 Å². The molecule has 1 heterocycles. The van der Waals surface area contributed by atoms with Crippen LogP contribution < -0.4 is 0 Å². The van der Waals surface area contributed by atoms with Gasteiger partial charge < -0.3 is 9.80 Å². The molecule has 1 rings (SSSR count). The summed E-state index contributed by atoms with van der Waals surface area (Å²) in [5.41, 5.74) is 0. The highest BCUT2D eigenvalue weighted by atomic mass is 33.1. The fourth-order valence-electron chi connectivity index (χ4n) is 0.954. The lowest BCUT2D eigenvalue weighted by Crippen LogP contribution is -2.39. The highest BCUT2D eigenvalue weighted by Crippen LogP contribution is 2.22. The minimum absolute atomic E-state index is 0.130. The molecule has 0 saturated carbocycles. The number of likely N-dealkylation sites (N-methyl/N-ethyl adjacent to an activating group) is 2. The summed E-state index contributed by atoms with van der Waals surface area (Å²) in [5.74, 6) is 1.17. The Labute approximate surface area is 91.8 Å². The van der Waals surface area contributed by atoms with Gasteiger partial charge in [-0.2, -0.15) is 0 Å². The van der Waals surface area contributed by atoms with E-state index in [1.165, 1.54) is 21.6 Å². The molecule has 14 heavy (non-hydrogen) atoms. The minimum Gasteiger partial charge on any atom is -0.343 e. The maximum Gasteiger partial charge on any atom is 0.233 e. The summed E-state index contributed by atoms with van der Waals surface area (Å²) in [6.07, 6.45) is 0. The Morgan fingerprint density at radius 1 is 0.929 bits per heavy atom. The largest absolute Gasteiger partial charge is 0.343 e. The zero-order chi connectivity index (χ0) is 10.6. The Balaban J connectivity index is 2.53. The molecule has 1 saturated heterocycles. The predicted octanol–water partition coefficient (Wildman–Crippen LogP) is 0.298. The van der Waals surface area contributed by atoms with Crippen molar-refractivity contribution in [2.24, 2.45) is 0 Å².